The van der Waals surface area contributed by atoms with E-state index in [-0.39, 0.29) is 5.78 Å². The van der Waals surface area contributed by atoms with Gasteiger partial charge in [0.2, 0.25) is 0 Å². The van der Waals surface area contributed by atoms with Crippen LogP contribution >= 0.6 is 0 Å². The Bertz CT molecular complexity index is 454. The van der Waals surface area contributed by atoms with E-state index in [1.165, 1.54) is 0 Å². The minimum absolute atomic E-state index is 0.202. The highest BCUT2D eigenvalue weighted by Gasteiger charge is 2.24. The Balaban J connectivity index is 2.98. The minimum atomic E-state index is -0.557. The van der Waals surface area contributed by atoms with Crippen LogP contribution in [0.3, 0.4) is 0 Å². The molecule has 0 saturated heterocycles. The number of carbonyl (C=O) groups excluding carboxylic acids is 1. The summed E-state index contributed by atoms with van der Waals surface area (Å²) in [5.41, 5.74) is 0.540. The molecule has 94 valence electrons. The van der Waals surface area contributed by atoms with Gasteiger partial charge in [0.05, 0.1) is 5.41 Å². The number of hydrogen-bond acceptors (Lipinski definition) is 1. The van der Waals surface area contributed by atoms with Crippen molar-refractivity contribution in [3.05, 3.63) is 66.8 Å². The molecule has 0 bridgehead atoms. The van der Waals surface area contributed by atoms with Crippen molar-refractivity contribution in [1.82, 2.24) is 0 Å². The molecule has 18 heavy (non-hydrogen) atoms. The van der Waals surface area contributed by atoms with Gasteiger partial charge < -0.3 is 0 Å². The van der Waals surface area contributed by atoms with Gasteiger partial charge in [-0.15, -0.1) is 0 Å². The number of benzene rings is 1. The maximum Gasteiger partial charge on any atom is 0.146 e. The molecular formula is C17H20O. The van der Waals surface area contributed by atoms with Crippen molar-refractivity contribution in [1.29, 1.82) is 0 Å². The summed E-state index contributed by atoms with van der Waals surface area (Å²) in [6.45, 7) is 7.46. The summed E-state index contributed by atoms with van der Waals surface area (Å²) >= 11 is 0. The molecule has 0 saturated carbocycles. The van der Waals surface area contributed by atoms with Gasteiger partial charge in [-0.2, -0.15) is 0 Å². The lowest BCUT2D eigenvalue weighted by molar-refractivity contribution is -0.123. The Kier molecular flexibility index (Phi) is 5.31. The second-order valence-electron chi connectivity index (χ2n) is 4.40. The van der Waals surface area contributed by atoms with E-state index in [0.29, 0.717) is 6.42 Å². The van der Waals surface area contributed by atoms with Crippen LogP contribution in [0.25, 0.3) is 6.08 Å². The lowest BCUT2D eigenvalue weighted by Crippen LogP contribution is -2.22. The van der Waals surface area contributed by atoms with E-state index in [4.69, 9.17) is 0 Å². The Labute approximate surface area is 110 Å². The summed E-state index contributed by atoms with van der Waals surface area (Å²) in [5.74, 6) is 0.202. The highest BCUT2D eigenvalue weighted by Crippen LogP contribution is 2.25. The fourth-order valence-corrected chi connectivity index (χ4v) is 1.72. The fourth-order valence-electron chi connectivity index (χ4n) is 1.72. The van der Waals surface area contributed by atoms with Crippen molar-refractivity contribution in [2.45, 2.75) is 20.3 Å². The first kappa shape index (κ1) is 14.2. The van der Waals surface area contributed by atoms with Gasteiger partial charge in [-0.1, -0.05) is 74.2 Å². The van der Waals surface area contributed by atoms with Gasteiger partial charge in [0.1, 0.15) is 5.78 Å². The molecule has 0 aliphatic carbocycles. The number of ketones is 1. The number of carbonyl (C=O) groups is 1. The van der Waals surface area contributed by atoms with Crippen molar-refractivity contribution in [2.75, 3.05) is 0 Å². The summed E-state index contributed by atoms with van der Waals surface area (Å²) in [6, 6.07) is 9.98. The second kappa shape index (κ2) is 6.75. The molecule has 0 aromatic heterocycles. The van der Waals surface area contributed by atoms with Gasteiger partial charge in [-0.25, -0.2) is 0 Å². The summed E-state index contributed by atoms with van der Waals surface area (Å²) in [6.07, 6.45) is 9.87. The Morgan fingerprint density at radius 3 is 2.50 bits per heavy atom. The third-order valence-electron chi connectivity index (χ3n) is 2.92. The molecule has 0 aliphatic rings. The van der Waals surface area contributed by atoms with Gasteiger partial charge in [-0.3, -0.25) is 4.79 Å². The largest absolute Gasteiger partial charge is 0.298 e. The molecule has 1 nitrogen and oxygen atoms in total. The predicted molar refractivity (Wildman–Crippen MR) is 78.2 cm³/mol. The van der Waals surface area contributed by atoms with Crippen LogP contribution in [0.2, 0.25) is 0 Å². The first-order valence-electron chi connectivity index (χ1n) is 6.20. The fraction of sp³-hybridized carbons (Fsp3) is 0.235. The van der Waals surface area contributed by atoms with Crippen LogP contribution in [0.5, 0.6) is 0 Å². The van der Waals surface area contributed by atoms with E-state index in [1.54, 1.807) is 6.08 Å². The maximum absolute atomic E-state index is 12.0. The zero-order chi connectivity index (χ0) is 13.4. The van der Waals surface area contributed by atoms with Crippen LogP contribution in [-0.4, -0.2) is 5.78 Å². The molecule has 0 N–H and O–H groups in total. The van der Waals surface area contributed by atoms with Crippen molar-refractivity contribution >= 4 is 11.9 Å². The number of allylic oxidation sites excluding steroid dienone is 4. The maximum atomic E-state index is 12.0. The Hall–Kier alpha value is -1.89. The van der Waals surface area contributed by atoms with Crippen LogP contribution in [0, 0.1) is 5.41 Å². The van der Waals surface area contributed by atoms with E-state index in [1.807, 2.05) is 68.5 Å². The quantitative estimate of drug-likeness (QED) is 0.672. The van der Waals surface area contributed by atoms with Gasteiger partial charge in [0.25, 0.3) is 0 Å². The van der Waals surface area contributed by atoms with Crippen molar-refractivity contribution < 1.29 is 4.79 Å². The molecule has 0 spiro atoms. The van der Waals surface area contributed by atoms with Crippen LogP contribution in [-0.2, 0) is 4.79 Å². The van der Waals surface area contributed by atoms with E-state index in [2.05, 4.69) is 6.58 Å². The van der Waals surface area contributed by atoms with Crippen molar-refractivity contribution in [3.63, 3.8) is 0 Å². The standard InChI is InChI=1S/C17H20O/c1-4-6-13-17(3,16(18)5-2)14-12-15-10-8-7-9-11-15/h4,6-14H,1,5H2,2-3H3. The van der Waals surface area contributed by atoms with E-state index >= 15 is 0 Å². The van der Waals surface area contributed by atoms with Crippen LogP contribution in [0.4, 0.5) is 0 Å². The van der Waals surface area contributed by atoms with Crippen LogP contribution < -0.4 is 0 Å². The molecule has 1 unspecified atom stereocenters. The van der Waals surface area contributed by atoms with E-state index < -0.39 is 5.41 Å². The zero-order valence-electron chi connectivity index (χ0n) is 11.1. The summed E-state index contributed by atoms with van der Waals surface area (Å²) in [5, 5.41) is 0. The smallest absolute Gasteiger partial charge is 0.146 e. The molecule has 1 atom stereocenters. The minimum Gasteiger partial charge on any atom is -0.298 e. The number of rotatable bonds is 6. The van der Waals surface area contributed by atoms with Gasteiger partial charge in [0, 0.05) is 6.42 Å². The van der Waals surface area contributed by atoms with Crippen LogP contribution in [0.15, 0.2) is 61.2 Å². The number of Topliss-reactive ketones (excluding diaryl/α,β-unsaturated/α-hetero) is 1. The first-order chi connectivity index (χ1) is 8.62. The SMILES string of the molecule is C=CC=CC(C)(C=Cc1ccccc1)C(=O)CC. The third kappa shape index (κ3) is 3.85. The highest BCUT2D eigenvalue weighted by molar-refractivity contribution is 5.89. The summed E-state index contributed by atoms with van der Waals surface area (Å²) in [4.78, 5) is 12.0. The van der Waals surface area contributed by atoms with Crippen molar-refractivity contribution in [2.24, 2.45) is 5.41 Å². The molecule has 0 radical (unpaired) electrons. The topological polar surface area (TPSA) is 17.1 Å². The first-order valence-corrected chi connectivity index (χ1v) is 6.20. The molecule has 0 fully saturated rings. The molecule has 1 aromatic rings. The second-order valence-corrected chi connectivity index (χ2v) is 4.40. The highest BCUT2D eigenvalue weighted by atomic mass is 16.1. The molecule has 1 heteroatoms. The predicted octanol–water partition coefficient (Wildman–Crippen LogP) is 4.43. The molecule has 0 aliphatic heterocycles. The van der Waals surface area contributed by atoms with E-state index in [9.17, 15) is 4.79 Å². The van der Waals surface area contributed by atoms with Crippen LogP contribution in [0.1, 0.15) is 25.8 Å². The average Bonchev–Trinajstić information content (AvgIpc) is 2.43. The van der Waals surface area contributed by atoms with Gasteiger partial charge in [0.15, 0.2) is 0 Å². The lowest BCUT2D eigenvalue weighted by Gasteiger charge is -2.19. The molecule has 1 rings (SSSR count). The van der Waals surface area contributed by atoms with Gasteiger partial charge >= 0.3 is 0 Å². The monoisotopic (exact) mass is 240 g/mol. The van der Waals surface area contributed by atoms with Crippen molar-refractivity contribution in [3.8, 4) is 0 Å². The summed E-state index contributed by atoms with van der Waals surface area (Å²) in [7, 11) is 0. The summed E-state index contributed by atoms with van der Waals surface area (Å²) < 4.78 is 0. The molecule has 0 heterocycles. The normalized spacial score (nSPS) is 14.8. The number of hydrogen-bond donors (Lipinski definition) is 0. The lowest BCUT2D eigenvalue weighted by atomic mass is 9.83. The van der Waals surface area contributed by atoms with Gasteiger partial charge in [-0.05, 0) is 12.5 Å². The molecule has 0 amide bonds. The molecular weight excluding hydrogens is 220 g/mol. The third-order valence-corrected chi connectivity index (χ3v) is 2.92. The van der Waals surface area contributed by atoms with E-state index in [0.717, 1.165) is 5.56 Å². The zero-order valence-corrected chi connectivity index (χ0v) is 11.1. The average molecular weight is 240 g/mol. The Morgan fingerprint density at radius 1 is 1.28 bits per heavy atom. The molecule has 1 aromatic carbocycles. The Morgan fingerprint density at radius 2 is 1.94 bits per heavy atom.